The largest absolute Gasteiger partial charge is 0.497 e. The molecule has 2 aromatic carbocycles. The first-order chi connectivity index (χ1) is 9.10. The summed E-state index contributed by atoms with van der Waals surface area (Å²) < 4.78 is 5.21. The van der Waals surface area contributed by atoms with Gasteiger partial charge < -0.3 is 15.8 Å². The smallest absolute Gasteiger partial charge is 0.119 e. The molecule has 0 saturated carbocycles. The highest BCUT2D eigenvalue weighted by molar-refractivity contribution is 5.68. The third kappa shape index (κ3) is 3.19. The van der Waals surface area contributed by atoms with E-state index in [4.69, 9.17) is 10.5 Å². The van der Waals surface area contributed by atoms with Crippen molar-refractivity contribution in [2.24, 2.45) is 0 Å². The molecule has 0 bridgehead atoms. The predicted molar refractivity (Wildman–Crippen MR) is 80.6 cm³/mol. The molecule has 0 aromatic heterocycles. The summed E-state index contributed by atoms with van der Waals surface area (Å²) in [7, 11) is 1.67. The van der Waals surface area contributed by atoms with E-state index in [1.165, 1.54) is 11.1 Å². The Balaban J connectivity index is 2.12. The molecule has 0 heterocycles. The van der Waals surface area contributed by atoms with Crippen LogP contribution in [-0.4, -0.2) is 7.11 Å². The molecule has 3 N–H and O–H groups in total. The van der Waals surface area contributed by atoms with Crippen LogP contribution in [0.15, 0.2) is 36.4 Å². The molecule has 0 unspecified atom stereocenters. The number of hydrogen-bond donors (Lipinski definition) is 2. The third-order valence-electron chi connectivity index (χ3n) is 3.28. The first kappa shape index (κ1) is 13.3. The van der Waals surface area contributed by atoms with Crippen molar-refractivity contribution in [2.75, 3.05) is 18.2 Å². The molecule has 0 spiro atoms. The summed E-state index contributed by atoms with van der Waals surface area (Å²) in [6, 6.07) is 12.1. The molecule has 0 radical (unpaired) electrons. The third-order valence-corrected chi connectivity index (χ3v) is 3.28. The fourth-order valence-corrected chi connectivity index (χ4v) is 1.97. The molecule has 2 rings (SSSR count). The summed E-state index contributed by atoms with van der Waals surface area (Å²) in [5, 5.41) is 3.37. The van der Waals surface area contributed by atoms with E-state index in [9.17, 15) is 0 Å². The van der Waals surface area contributed by atoms with E-state index in [0.717, 1.165) is 29.2 Å². The summed E-state index contributed by atoms with van der Waals surface area (Å²) in [6.45, 7) is 4.88. The number of nitrogens with one attached hydrogen (secondary N) is 1. The molecule has 2 aromatic rings. The Morgan fingerprint density at radius 3 is 2.58 bits per heavy atom. The summed E-state index contributed by atoms with van der Waals surface area (Å²) in [4.78, 5) is 0. The Labute approximate surface area is 114 Å². The van der Waals surface area contributed by atoms with Crippen LogP contribution in [0.3, 0.4) is 0 Å². The van der Waals surface area contributed by atoms with Crippen molar-refractivity contribution in [2.45, 2.75) is 20.4 Å². The lowest BCUT2D eigenvalue weighted by atomic mass is 10.1. The SMILES string of the molecule is COc1cccc(CNc2cc(C)c(C)cc2N)c1. The second kappa shape index (κ2) is 5.65. The first-order valence-corrected chi connectivity index (χ1v) is 6.33. The fourth-order valence-electron chi connectivity index (χ4n) is 1.97. The van der Waals surface area contributed by atoms with E-state index >= 15 is 0 Å². The number of aryl methyl sites for hydroxylation is 2. The van der Waals surface area contributed by atoms with Gasteiger partial charge in [0.2, 0.25) is 0 Å². The standard InChI is InChI=1S/C16H20N2O/c1-11-7-15(17)16(8-12(11)2)18-10-13-5-4-6-14(9-13)19-3/h4-9,18H,10,17H2,1-3H3. The van der Waals surface area contributed by atoms with Crippen LogP contribution in [0.5, 0.6) is 5.75 Å². The van der Waals surface area contributed by atoms with Crippen molar-refractivity contribution in [3.8, 4) is 5.75 Å². The van der Waals surface area contributed by atoms with E-state index in [2.05, 4.69) is 31.3 Å². The molecule has 100 valence electrons. The second-order valence-corrected chi connectivity index (χ2v) is 4.73. The van der Waals surface area contributed by atoms with E-state index in [0.29, 0.717) is 0 Å². The predicted octanol–water partition coefficient (Wildman–Crippen LogP) is 3.51. The Bertz CT molecular complexity index is 579. The fraction of sp³-hybridized carbons (Fsp3) is 0.250. The lowest BCUT2D eigenvalue weighted by Crippen LogP contribution is -2.03. The average molecular weight is 256 g/mol. The number of hydrogen-bond acceptors (Lipinski definition) is 3. The molecule has 3 nitrogen and oxygen atoms in total. The molecule has 0 fully saturated rings. The summed E-state index contributed by atoms with van der Waals surface area (Å²) in [5.74, 6) is 0.868. The zero-order chi connectivity index (χ0) is 13.8. The van der Waals surface area contributed by atoms with Gasteiger partial charge in [-0.15, -0.1) is 0 Å². The van der Waals surface area contributed by atoms with E-state index < -0.39 is 0 Å². The highest BCUT2D eigenvalue weighted by Gasteiger charge is 2.03. The van der Waals surface area contributed by atoms with Crippen molar-refractivity contribution in [1.82, 2.24) is 0 Å². The zero-order valence-corrected chi connectivity index (χ0v) is 11.7. The minimum absolute atomic E-state index is 0.726. The van der Waals surface area contributed by atoms with Crippen LogP contribution in [0.25, 0.3) is 0 Å². The van der Waals surface area contributed by atoms with Crippen molar-refractivity contribution in [3.05, 3.63) is 53.1 Å². The van der Waals surface area contributed by atoms with Crippen LogP contribution in [-0.2, 0) is 6.54 Å². The number of anilines is 2. The number of nitrogen functional groups attached to an aromatic ring is 1. The highest BCUT2D eigenvalue weighted by Crippen LogP contribution is 2.24. The van der Waals surface area contributed by atoms with Gasteiger partial charge in [-0.1, -0.05) is 12.1 Å². The minimum atomic E-state index is 0.726. The lowest BCUT2D eigenvalue weighted by Gasteiger charge is -2.12. The Morgan fingerprint density at radius 2 is 1.84 bits per heavy atom. The van der Waals surface area contributed by atoms with Gasteiger partial charge in [-0.3, -0.25) is 0 Å². The molecule has 0 atom stereocenters. The maximum Gasteiger partial charge on any atom is 0.119 e. The van der Waals surface area contributed by atoms with Crippen molar-refractivity contribution in [1.29, 1.82) is 0 Å². The highest BCUT2D eigenvalue weighted by atomic mass is 16.5. The maximum absolute atomic E-state index is 6.02. The van der Waals surface area contributed by atoms with Gasteiger partial charge in [0.05, 0.1) is 18.5 Å². The lowest BCUT2D eigenvalue weighted by molar-refractivity contribution is 0.414. The quantitative estimate of drug-likeness (QED) is 0.823. The summed E-state index contributed by atoms with van der Waals surface area (Å²) in [6.07, 6.45) is 0. The minimum Gasteiger partial charge on any atom is -0.497 e. The number of benzene rings is 2. The molecule has 0 aliphatic carbocycles. The summed E-state index contributed by atoms with van der Waals surface area (Å²) >= 11 is 0. The Hall–Kier alpha value is -2.16. The van der Waals surface area contributed by atoms with E-state index in [1.54, 1.807) is 7.11 Å². The van der Waals surface area contributed by atoms with Crippen LogP contribution in [0.2, 0.25) is 0 Å². The van der Waals surface area contributed by atoms with Gasteiger partial charge in [-0.25, -0.2) is 0 Å². The van der Waals surface area contributed by atoms with Gasteiger partial charge in [0.25, 0.3) is 0 Å². The van der Waals surface area contributed by atoms with Gasteiger partial charge >= 0.3 is 0 Å². The van der Waals surface area contributed by atoms with Crippen LogP contribution in [0.1, 0.15) is 16.7 Å². The molecular weight excluding hydrogens is 236 g/mol. The second-order valence-electron chi connectivity index (χ2n) is 4.73. The van der Waals surface area contributed by atoms with Crippen LogP contribution < -0.4 is 15.8 Å². The molecule has 0 aliphatic rings. The number of methoxy groups -OCH3 is 1. The average Bonchev–Trinajstić information content (AvgIpc) is 2.41. The Kier molecular flexibility index (Phi) is 3.95. The van der Waals surface area contributed by atoms with Gasteiger partial charge in [0, 0.05) is 6.54 Å². The monoisotopic (exact) mass is 256 g/mol. The molecule has 0 aliphatic heterocycles. The van der Waals surface area contributed by atoms with Crippen molar-refractivity contribution >= 4 is 11.4 Å². The van der Waals surface area contributed by atoms with Gasteiger partial charge in [-0.2, -0.15) is 0 Å². The molecule has 19 heavy (non-hydrogen) atoms. The van der Waals surface area contributed by atoms with Crippen molar-refractivity contribution in [3.63, 3.8) is 0 Å². The first-order valence-electron chi connectivity index (χ1n) is 6.33. The Morgan fingerprint density at radius 1 is 1.11 bits per heavy atom. The number of rotatable bonds is 4. The maximum atomic E-state index is 6.02. The molecule has 3 heteroatoms. The van der Waals surface area contributed by atoms with Crippen molar-refractivity contribution < 1.29 is 4.74 Å². The zero-order valence-electron chi connectivity index (χ0n) is 11.7. The molecular formula is C16H20N2O. The molecule has 0 saturated heterocycles. The van der Waals surface area contributed by atoms with Crippen LogP contribution >= 0.6 is 0 Å². The van der Waals surface area contributed by atoms with E-state index in [1.807, 2.05) is 24.3 Å². The molecule has 0 amide bonds. The van der Waals surface area contributed by atoms with Gasteiger partial charge in [0.15, 0.2) is 0 Å². The topological polar surface area (TPSA) is 47.3 Å². The summed E-state index contributed by atoms with van der Waals surface area (Å²) in [5.41, 5.74) is 11.4. The van der Waals surface area contributed by atoms with Gasteiger partial charge in [0.1, 0.15) is 5.75 Å². The van der Waals surface area contributed by atoms with Crippen LogP contribution in [0.4, 0.5) is 11.4 Å². The normalized spacial score (nSPS) is 10.3. The van der Waals surface area contributed by atoms with Crippen LogP contribution in [0, 0.1) is 13.8 Å². The van der Waals surface area contributed by atoms with E-state index in [-0.39, 0.29) is 0 Å². The van der Waals surface area contributed by atoms with Gasteiger partial charge in [-0.05, 0) is 54.8 Å². The number of ether oxygens (including phenoxy) is 1. The number of nitrogens with two attached hydrogens (primary N) is 1.